The first-order valence-corrected chi connectivity index (χ1v) is 11.8. The van der Waals surface area contributed by atoms with Crippen molar-refractivity contribution in [2.24, 2.45) is 5.73 Å². The van der Waals surface area contributed by atoms with Crippen molar-refractivity contribution in [3.63, 3.8) is 0 Å². The largest absolute Gasteiger partial charge is 0.493 e. The summed E-state index contributed by atoms with van der Waals surface area (Å²) in [6.45, 7) is -1.29. The molecule has 12 heteroatoms. The van der Waals surface area contributed by atoms with Gasteiger partial charge in [-0.2, -0.15) is 18.4 Å². The molecule has 1 atom stereocenters. The third-order valence-electron chi connectivity index (χ3n) is 5.05. The second-order valence-corrected chi connectivity index (χ2v) is 9.11. The molecule has 2 rings (SSSR count). The molecule has 34 heavy (non-hydrogen) atoms. The number of nitriles is 1. The molecule has 5 N–H and O–H groups in total. The number of phosphoric ester groups is 1. The van der Waals surface area contributed by atoms with E-state index < -0.39 is 38.3 Å². The monoisotopic (exact) mass is 502 g/mol. The van der Waals surface area contributed by atoms with Crippen LogP contribution in [0.25, 0.3) is 0 Å². The van der Waals surface area contributed by atoms with Crippen LogP contribution in [0.15, 0.2) is 42.5 Å². The van der Waals surface area contributed by atoms with E-state index in [1.807, 2.05) is 6.07 Å². The second-order valence-electron chi connectivity index (χ2n) is 7.87. The molecule has 0 saturated carbocycles. The fourth-order valence-corrected chi connectivity index (χ4v) is 3.51. The Labute approximate surface area is 195 Å². The standard InChI is InChI=1S/C22H26F3N2O6P/c23-22(24,25)19-12-17(9-10-21(27,14-28)15-33-34(29,30)31)7-8-20(19)32-11-1-2-16-3-5-18(13-26)6-4-16/h3-8,12,28H,1-2,9-11,14-15,27H2,(H2,29,30,31). The van der Waals surface area contributed by atoms with Gasteiger partial charge in [-0.3, -0.25) is 4.52 Å². The quantitative estimate of drug-likeness (QED) is 0.255. The molecule has 0 heterocycles. The van der Waals surface area contributed by atoms with E-state index in [0.717, 1.165) is 11.6 Å². The van der Waals surface area contributed by atoms with Crippen molar-refractivity contribution < 1.29 is 41.9 Å². The topological polar surface area (TPSA) is 146 Å². The number of aliphatic hydroxyl groups is 1. The maximum atomic E-state index is 13.6. The lowest BCUT2D eigenvalue weighted by Crippen LogP contribution is -2.48. The van der Waals surface area contributed by atoms with Gasteiger partial charge < -0.3 is 25.4 Å². The highest BCUT2D eigenvalue weighted by Gasteiger charge is 2.35. The Morgan fingerprint density at radius 3 is 2.26 bits per heavy atom. The maximum Gasteiger partial charge on any atom is 0.469 e. The minimum absolute atomic E-state index is 0.00360. The molecule has 2 aromatic rings. The van der Waals surface area contributed by atoms with Gasteiger partial charge >= 0.3 is 14.0 Å². The lowest BCUT2D eigenvalue weighted by Gasteiger charge is -2.27. The summed E-state index contributed by atoms with van der Waals surface area (Å²) in [5, 5.41) is 18.3. The molecule has 186 valence electrons. The molecule has 8 nitrogen and oxygen atoms in total. The maximum absolute atomic E-state index is 13.6. The van der Waals surface area contributed by atoms with E-state index >= 15 is 0 Å². The zero-order chi connectivity index (χ0) is 25.4. The van der Waals surface area contributed by atoms with Crippen LogP contribution in [0.1, 0.15) is 35.1 Å². The smallest absolute Gasteiger partial charge is 0.469 e. The highest BCUT2D eigenvalue weighted by Crippen LogP contribution is 2.38. The van der Waals surface area contributed by atoms with Crippen LogP contribution >= 0.6 is 7.82 Å². The first-order chi connectivity index (χ1) is 15.8. The second kappa shape index (κ2) is 11.8. The normalized spacial score (nSPS) is 13.8. The van der Waals surface area contributed by atoms with E-state index in [-0.39, 0.29) is 30.8 Å². The molecule has 0 bridgehead atoms. The number of alkyl halides is 3. The van der Waals surface area contributed by atoms with Crippen molar-refractivity contribution >= 4 is 7.82 Å². The highest BCUT2D eigenvalue weighted by atomic mass is 31.2. The number of ether oxygens (including phenoxy) is 1. The molecule has 2 aromatic carbocycles. The van der Waals surface area contributed by atoms with Crippen molar-refractivity contribution in [3.8, 4) is 11.8 Å². The molecule has 0 aromatic heterocycles. The third-order valence-corrected chi connectivity index (χ3v) is 5.51. The van der Waals surface area contributed by atoms with E-state index in [1.54, 1.807) is 24.3 Å². The van der Waals surface area contributed by atoms with Crippen molar-refractivity contribution in [1.82, 2.24) is 0 Å². The molecule has 0 aliphatic rings. The number of hydrogen-bond donors (Lipinski definition) is 4. The van der Waals surface area contributed by atoms with Gasteiger partial charge in [-0.15, -0.1) is 0 Å². The molecule has 0 amide bonds. The minimum atomic E-state index is -4.81. The molecule has 0 radical (unpaired) electrons. The molecular weight excluding hydrogens is 476 g/mol. The molecule has 0 aliphatic heterocycles. The van der Waals surface area contributed by atoms with Crippen LogP contribution in [0.5, 0.6) is 5.75 Å². The number of halogens is 3. The molecule has 0 saturated heterocycles. The van der Waals surface area contributed by atoms with Crippen LogP contribution < -0.4 is 10.5 Å². The van der Waals surface area contributed by atoms with E-state index in [9.17, 15) is 22.8 Å². The number of aliphatic hydroxyl groups excluding tert-OH is 1. The van der Waals surface area contributed by atoms with Gasteiger partial charge in [0, 0.05) is 0 Å². The van der Waals surface area contributed by atoms with Gasteiger partial charge in [0.2, 0.25) is 0 Å². The number of rotatable bonds is 12. The Bertz CT molecular complexity index is 1040. The number of phosphoric acid groups is 1. The summed E-state index contributed by atoms with van der Waals surface area (Å²) >= 11 is 0. The summed E-state index contributed by atoms with van der Waals surface area (Å²) in [4.78, 5) is 17.6. The Kier molecular flexibility index (Phi) is 9.64. The average Bonchev–Trinajstić information content (AvgIpc) is 2.79. The van der Waals surface area contributed by atoms with Crippen LogP contribution in [0, 0.1) is 11.3 Å². The molecular formula is C22H26F3N2O6P. The van der Waals surface area contributed by atoms with Gasteiger partial charge in [0.15, 0.2) is 0 Å². The summed E-state index contributed by atoms with van der Waals surface area (Å²) in [5.41, 5.74) is 5.09. The van der Waals surface area contributed by atoms with Crippen LogP contribution in [-0.4, -0.2) is 40.3 Å². The van der Waals surface area contributed by atoms with Crippen molar-refractivity contribution in [1.29, 1.82) is 5.26 Å². The first kappa shape index (κ1) is 27.8. The van der Waals surface area contributed by atoms with Gasteiger partial charge in [0.1, 0.15) is 5.75 Å². The van der Waals surface area contributed by atoms with Gasteiger partial charge in [-0.05, 0) is 61.1 Å². The van der Waals surface area contributed by atoms with Gasteiger partial charge in [-0.25, -0.2) is 4.57 Å². The Balaban J connectivity index is 2.00. The Morgan fingerprint density at radius 2 is 1.71 bits per heavy atom. The first-order valence-electron chi connectivity index (χ1n) is 10.3. The minimum Gasteiger partial charge on any atom is -0.493 e. The average molecular weight is 502 g/mol. The van der Waals surface area contributed by atoms with Crippen molar-refractivity contribution in [2.45, 2.75) is 37.4 Å². The lowest BCUT2D eigenvalue weighted by molar-refractivity contribution is -0.139. The lowest BCUT2D eigenvalue weighted by atomic mass is 9.93. The zero-order valence-electron chi connectivity index (χ0n) is 18.2. The summed E-state index contributed by atoms with van der Waals surface area (Å²) in [5.74, 6) is -0.318. The predicted octanol–water partition coefficient (Wildman–Crippen LogP) is 3.32. The SMILES string of the molecule is N#Cc1ccc(CCCOc2ccc(CCC(N)(CO)COP(=O)(O)O)cc2C(F)(F)F)cc1. The third kappa shape index (κ3) is 9.06. The van der Waals surface area contributed by atoms with E-state index in [4.69, 9.17) is 25.5 Å². The summed E-state index contributed by atoms with van der Waals surface area (Å²) < 4.78 is 61.3. The Morgan fingerprint density at radius 1 is 1.06 bits per heavy atom. The summed E-state index contributed by atoms with van der Waals surface area (Å²) in [6.07, 6.45) is -3.70. The fraction of sp³-hybridized carbons (Fsp3) is 0.409. The zero-order valence-corrected chi connectivity index (χ0v) is 19.1. The molecule has 0 aliphatic carbocycles. The number of benzene rings is 2. The summed E-state index contributed by atoms with van der Waals surface area (Å²) in [7, 11) is -4.81. The van der Waals surface area contributed by atoms with E-state index in [2.05, 4.69) is 4.52 Å². The van der Waals surface area contributed by atoms with Crippen molar-refractivity contribution in [2.75, 3.05) is 19.8 Å². The number of nitrogens with two attached hydrogens (primary N) is 1. The van der Waals surface area contributed by atoms with E-state index in [0.29, 0.717) is 18.4 Å². The molecule has 0 spiro atoms. The van der Waals surface area contributed by atoms with Gasteiger partial charge in [0.25, 0.3) is 0 Å². The molecule has 0 fully saturated rings. The van der Waals surface area contributed by atoms with Gasteiger partial charge in [-0.1, -0.05) is 18.2 Å². The summed E-state index contributed by atoms with van der Waals surface area (Å²) in [6, 6.07) is 12.5. The van der Waals surface area contributed by atoms with Crippen LogP contribution in [0.2, 0.25) is 0 Å². The van der Waals surface area contributed by atoms with Crippen molar-refractivity contribution in [3.05, 3.63) is 64.7 Å². The van der Waals surface area contributed by atoms with Crippen LogP contribution in [0.4, 0.5) is 13.2 Å². The van der Waals surface area contributed by atoms with Crippen LogP contribution in [0.3, 0.4) is 0 Å². The number of hydrogen-bond acceptors (Lipinski definition) is 6. The highest BCUT2D eigenvalue weighted by molar-refractivity contribution is 7.46. The fourth-order valence-electron chi connectivity index (χ4n) is 3.09. The van der Waals surface area contributed by atoms with Crippen LogP contribution in [-0.2, 0) is 28.1 Å². The predicted molar refractivity (Wildman–Crippen MR) is 117 cm³/mol. The molecule has 1 unspecified atom stereocenters. The number of nitrogens with zero attached hydrogens (tertiary/aromatic N) is 1. The van der Waals surface area contributed by atoms with Gasteiger partial charge in [0.05, 0.1) is 42.6 Å². The number of aryl methyl sites for hydroxylation is 2. The van der Waals surface area contributed by atoms with E-state index in [1.165, 1.54) is 12.1 Å². The Hall–Kier alpha value is -2.45.